The third kappa shape index (κ3) is 69.0. The number of hydrogen-bond acceptors (Lipinski definition) is 15. The molecule has 0 aliphatic rings. The van der Waals surface area contributed by atoms with E-state index in [1.807, 2.05) is 0 Å². The van der Waals surface area contributed by atoms with Crippen molar-refractivity contribution in [3.63, 3.8) is 0 Å². The van der Waals surface area contributed by atoms with Gasteiger partial charge in [-0.1, -0.05) is 331 Å². The molecule has 3 N–H and O–H groups in total. The molecule has 17 nitrogen and oxygen atoms in total. The van der Waals surface area contributed by atoms with Gasteiger partial charge in [-0.3, -0.25) is 37.3 Å². The summed E-state index contributed by atoms with van der Waals surface area (Å²) in [6.07, 6.45) is 50.1. The fraction of sp³-hybridized carbons (Fsp3) is 0.947. The highest BCUT2D eigenvalue weighted by molar-refractivity contribution is 7.47. The summed E-state index contributed by atoms with van der Waals surface area (Å²) in [6, 6.07) is 0. The number of aliphatic hydroxyl groups excluding tert-OH is 1. The van der Waals surface area contributed by atoms with Gasteiger partial charge < -0.3 is 33.8 Å². The predicted octanol–water partition coefficient (Wildman–Crippen LogP) is 22.0. The molecule has 0 aliphatic heterocycles. The van der Waals surface area contributed by atoms with E-state index in [4.69, 9.17) is 37.0 Å². The van der Waals surface area contributed by atoms with Crippen LogP contribution in [0.1, 0.15) is 383 Å². The van der Waals surface area contributed by atoms with Gasteiger partial charge in [-0.2, -0.15) is 0 Å². The van der Waals surface area contributed by atoms with Crippen LogP contribution in [0.4, 0.5) is 0 Å². The minimum atomic E-state index is -4.96. The van der Waals surface area contributed by atoms with E-state index in [1.54, 1.807) is 0 Å². The number of carbonyl (C=O) groups is 4. The lowest BCUT2D eigenvalue weighted by Crippen LogP contribution is -2.30. The van der Waals surface area contributed by atoms with Crippen LogP contribution in [0.5, 0.6) is 0 Å². The van der Waals surface area contributed by atoms with Gasteiger partial charge in [0.2, 0.25) is 0 Å². The highest BCUT2D eigenvalue weighted by Crippen LogP contribution is 2.45. The molecule has 0 amide bonds. The summed E-state index contributed by atoms with van der Waals surface area (Å²) in [5, 5.41) is 10.6. The standard InChI is InChI=1S/C76H148O17P2/c1-9-69(8)55-47-39-31-23-19-15-11-13-16-20-24-32-40-48-56-73(78)86-62-71(92-75(80)58-50-42-33-25-21-17-12-10-14-18-22-28-36-44-52-66(2)3)64-90-94(82,83)88-60-70(77)61-89-95(84,85)91-65-72(93-76(81)59-51-43-35-27-30-38-46-54-68(6)7)63-87-74(79)57-49-41-34-26-29-37-45-53-67(4)5/h66-72,77H,9-65H2,1-8H3,(H,82,83)(H,84,85)/t69?,70?,71-,72-/m1/s1. The monoisotopic (exact) mass is 1400 g/mol. The van der Waals surface area contributed by atoms with Gasteiger partial charge in [0.25, 0.3) is 0 Å². The second-order valence-corrected chi connectivity index (χ2v) is 32.0. The fourth-order valence-electron chi connectivity index (χ4n) is 11.5. The highest BCUT2D eigenvalue weighted by atomic mass is 31.2. The van der Waals surface area contributed by atoms with Crippen molar-refractivity contribution >= 4 is 39.5 Å². The van der Waals surface area contributed by atoms with E-state index < -0.39 is 97.5 Å². The predicted molar refractivity (Wildman–Crippen MR) is 386 cm³/mol. The van der Waals surface area contributed by atoms with Crippen molar-refractivity contribution in [1.82, 2.24) is 0 Å². The molecule has 0 saturated heterocycles. The summed E-state index contributed by atoms with van der Waals surface area (Å²) >= 11 is 0. The van der Waals surface area contributed by atoms with Crippen molar-refractivity contribution in [2.45, 2.75) is 401 Å². The molecule has 0 rings (SSSR count). The topological polar surface area (TPSA) is 237 Å². The van der Waals surface area contributed by atoms with Crippen LogP contribution in [0.25, 0.3) is 0 Å². The van der Waals surface area contributed by atoms with E-state index >= 15 is 0 Å². The number of phosphoric ester groups is 2. The molecule has 0 aromatic heterocycles. The molecule has 0 radical (unpaired) electrons. The zero-order valence-corrected chi connectivity index (χ0v) is 64.1. The first-order valence-electron chi connectivity index (χ1n) is 39.2. The van der Waals surface area contributed by atoms with E-state index in [1.165, 1.54) is 180 Å². The average Bonchev–Trinajstić information content (AvgIpc) is 1.18. The van der Waals surface area contributed by atoms with Gasteiger partial charge in [0.1, 0.15) is 19.3 Å². The van der Waals surface area contributed by atoms with Crippen molar-refractivity contribution in [3.8, 4) is 0 Å². The minimum Gasteiger partial charge on any atom is -0.462 e. The zero-order chi connectivity index (χ0) is 70.3. The van der Waals surface area contributed by atoms with Crippen molar-refractivity contribution in [2.24, 2.45) is 23.7 Å². The van der Waals surface area contributed by atoms with Gasteiger partial charge in [0, 0.05) is 25.7 Å². The van der Waals surface area contributed by atoms with Crippen LogP contribution < -0.4 is 0 Å². The van der Waals surface area contributed by atoms with Gasteiger partial charge in [-0.25, -0.2) is 9.13 Å². The van der Waals surface area contributed by atoms with E-state index in [0.29, 0.717) is 37.5 Å². The highest BCUT2D eigenvalue weighted by Gasteiger charge is 2.30. The van der Waals surface area contributed by atoms with Gasteiger partial charge in [0.05, 0.1) is 26.4 Å². The number of ether oxygens (including phenoxy) is 4. The number of phosphoric acid groups is 2. The number of unbranched alkanes of at least 4 members (excludes halogenated alkanes) is 38. The van der Waals surface area contributed by atoms with Gasteiger partial charge in [-0.15, -0.1) is 0 Å². The summed E-state index contributed by atoms with van der Waals surface area (Å²) in [4.78, 5) is 72.7. The van der Waals surface area contributed by atoms with Crippen LogP contribution in [0.15, 0.2) is 0 Å². The maximum absolute atomic E-state index is 13.1. The van der Waals surface area contributed by atoms with Crippen molar-refractivity contribution in [3.05, 3.63) is 0 Å². The first kappa shape index (κ1) is 93.1. The van der Waals surface area contributed by atoms with E-state index in [-0.39, 0.29) is 25.7 Å². The SMILES string of the molecule is CCC(C)CCCCCCCCCCCCCCCCC(=O)OC[C@H](COP(=O)(O)OCC(O)COP(=O)(O)OC[C@@H](COC(=O)CCCCCCCCCC(C)C)OC(=O)CCCCCCCCCC(C)C)OC(=O)CCCCCCCCCCCCCCCCC(C)C. The summed E-state index contributed by atoms with van der Waals surface area (Å²) in [5.74, 6) is 0.922. The van der Waals surface area contributed by atoms with Gasteiger partial charge in [-0.05, 0) is 49.4 Å². The number of esters is 4. The Hall–Kier alpha value is -1.94. The number of carbonyl (C=O) groups excluding carboxylic acids is 4. The van der Waals surface area contributed by atoms with Crippen LogP contribution >= 0.6 is 15.6 Å². The molecule has 564 valence electrons. The molecule has 0 heterocycles. The lowest BCUT2D eigenvalue weighted by molar-refractivity contribution is -0.161. The van der Waals surface area contributed by atoms with E-state index in [2.05, 4.69) is 55.4 Å². The van der Waals surface area contributed by atoms with Crippen molar-refractivity contribution in [2.75, 3.05) is 39.6 Å². The quantitative estimate of drug-likeness (QED) is 0.0222. The third-order valence-corrected chi connectivity index (χ3v) is 19.8. The van der Waals surface area contributed by atoms with E-state index in [0.717, 1.165) is 108 Å². The van der Waals surface area contributed by atoms with Crippen LogP contribution in [0.3, 0.4) is 0 Å². The first-order valence-corrected chi connectivity index (χ1v) is 42.2. The Morgan fingerprint density at radius 2 is 0.505 bits per heavy atom. The zero-order valence-electron chi connectivity index (χ0n) is 62.3. The maximum Gasteiger partial charge on any atom is 0.472 e. The summed E-state index contributed by atoms with van der Waals surface area (Å²) in [5.41, 5.74) is 0. The summed E-state index contributed by atoms with van der Waals surface area (Å²) < 4.78 is 68.5. The molecule has 0 aromatic rings. The van der Waals surface area contributed by atoms with Gasteiger partial charge >= 0.3 is 39.5 Å². The Bertz CT molecular complexity index is 1870. The largest absolute Gasteiger partial charge is 0.472 e. The Morgan fingerprint density at radius 1 is 0.295 bits per heavy atom. The van der Waals surface area contributed by atoms with Crippen LogP contribution in [0, 0.1) is 23.7 Å². The summed E-state index contributed by atoms with van der Waals surface area (Å²) in [7, 11) is -9.91. The first-order chi connectivity index (χ1) is 45.6. The molecule has 0 saturated carbocycles. The average molecular weight is 1400 g/mol. The maximum atomic E-state index is 13.1. The molecule has 95 heavy (non-hydrogen) atoms. The lowest BCUT2D eigenvalue weighted by atomic mass is 9.99. The molecule has 0 aromatic carbocycles. The van der Waals surface area contributed by atoms with Crippen molar-refractivity contribution < 1.29 is 80.2 Å². The molecule has 19 heteroatoms. The summed E-state index contributed by atoms with van der Waals surface area (Å²) in [6.45, 7) is 14.2. The van der Waals surface area contributed by atoms with Gasteiger partial charge in [0.15, 0.2) is 12.2 Å². The molecular weight excluding hydrogens is 1250 g/mol. The smallest absolute Gasteiger partial charge is 0.462 e. The molecule has 0 bridgehead atoms. The van der Waals surface area contributed by atoms with Crippen LogP contribution in [-0.4, -0.2) is 96.7 Å². The second-order valence-electron chi connectivity index (χ2n) is 29.1. The normalized spacial score (nSPS) is 14.4. The molecule has 0 spiro atoms. The molecular formula is C76H148O17P2. The number of aliphatic hydroxyl groups is 1. The Morgan fingerprint density at radius 3 is 0.747 bits per heavy atom. The molecule has 0 aliphatic carbocycles. The number of rotatable bonds is 73. The van der Waals surface area contributed by atoms with E-state index in [9.17, 15) is 43.2 Å². The Labute approximate surface area is 581 Å². The lowest BCUT2D eigenvalue weighted by Gasteiger charge is -2.21. The third-order valence-electron chi connectivity index (χ3n) is 17.9. The Kier molecular flexibility index (Phi) is 64.0. The molecule has 0 fully saturated rings. The van der Waals surface area contributed by atoms with Crippen LogP contribution in [0.2, 0.25) is 0 Å². The van der Waals surface area contributed by atoms with Crippen molar-refractivity contribution in [1.29, 1.82) is 0 Å². The van der Waals surface area contributed by atoms with Crippen LogP contribution in [-0.2, 0) is 65.4 Å². The minimum absolute atomic E-state index is 0.102. The fourth-order valence-corrected chi connectivity index (χ4v) is 13.1. The molecule has 4 unspecified atom stereocenters. The Balaban J connectivity index is 5.23. The number of hydrogen-bond donors (Lipinski definition) is 3. The second kappa shape index (κ2) is 65.4. The molecule has 6 atom stereocenters.